The van der Waals surface area contributed by atoms with E-state index in [0.29, 0.717) is 15.4 Å². The highest BCUT2D eigenvalue weighted by atomic mass is 32.1. The summed E-state index contributed by atoms with van der Waals surface area (Å²) in [7, 11) is 0. The molecule has 3 aliphatic heterocycles. The van der Waals surface area contributed by atoms with Gasteiger partial charge in [0.2, 0.25) is 5.91 Å². The van der Waals surface area contributed by atoms with E-state index in [4.69, 9.17) is 0 Å². The van der Waals surface area contributed by atoms with Gasteiger partial charge in [-0.2, -0.15) is 0 Å². The molecule has 5 heterocycles. The number of carbonyl (C=O) groups is 3. The third-order valence-electron chi connectivity index (χ3n) is 7.62. The molecule has 1 amide bonds. The standard InChI is InChI=1S/C29H20N2O3S2/c32-26(21-11-5-15-35-21)24-25(27(33)22-12-6-16-36-22)31-20-10-4-1-7-17(20)13-14-23(31)29(24)18-8-2-3-9-19(18)30-28(29)34/h1-16,23-25H,(H,30,34)/t23-,24-,25-,29+/m1/s1. The third-order valence-corrected chi connectivity index (χ3v) is 9.39. The van der Waals surface area contributed by atoms with E-state index in [1.54, 1.807) is 12.1 Å². The second-order valence-corrected chi connectivity index (χ2v) is 11.1. The Hall–Kier alpha value is -3.81. The minimum absolute atomic E-state index is 0.135. The molecule has 2 aromatic heterocycles. The Balaban J connectivity index is 1.55. The average molecular weight is 509 g/mol. The molecule has 4 aromatic rings. The Labute approximate surface area is 215 Å². The second kappa shape index (κ2) is 7.85. The van der Waals surface area contributed by atoms with Gasteiger partial charge >= 0.3 is 0 Å². The number of para-hydroxylation sites is 2. The van der Waals surface area contributed by atoms with Gasteiger partial charge in [0.05, 0.1) is 21.7 Å². The van der Waals surface area contributed by atoms with Crippen molar-refractivity contribution in [3.8, 4) is 0 Å². The second-order valence-electron chi connectivity index (χ2n) is 9.24. The SMILES string of the molecule is O=C(c1cccs1)[C@H]1[C@H](C(=O)c2cccs2)[C@@]2(C(=O)Nc3ccccc32)[C@H]2C=Cc3ccccc3N12. The zero-order valence-corrected chi connectivity index (χ0v) is 20.6. The summed E-state index contributed by atoms with van der Waals surface area (Å²) >= 11 is 2.71. The van der Waals surface area contributed by atoms with Gasteiger partial charge in [0.15, 0.2) is 11.6 Å². The van der Waals surface area contributed by atoms with E-state index in [2.05, 4.69) is 5.32 Å². The fourth-order valence-corrected chi connectivity index (χ4v) is 7.66. The molecule has 1 fully saturated rings. The lowest BCUT2D eigenvalue weighted by atomic mass is 9.65. The summed E-state index contributed by atoms with van der Waals surface area (Å²) in [5.74, 6) is -1.45. The lowest BCUT2D eigenvalue weighted by molar-refractivity contribution is -0.121. The van der Waals surface area contributed by atoms with Crippen LogP contribution in [0.1, 0.15) is 30.5 Å². The number of amides is 1. The average Bonchev–Trinajstić information content (AvgIpc) is 3.70. The van der Waals surface area contributed by atoms with Crippen molar-refractivity contribution in [1.29, 1.82) is 0 Å². The molecule has 0 saturated carbocycles. The lowest BCUT2D eigenvalue weighted by Crippen LogP contribution is -2.51. The number of nitrogens with one attached hydrogen (secondary N) is 1. The van der Waals surface area contributed by atoms with Crippen LogP contribution >= 0.6 is 22.7 Å². The molecule has 5 nitrogen and oxygen atoms in total. The quantitative estimate of drug-likeness (QED) is 0.361. The van der Waals surface area contributed by atoms with Gasteiger partial charge in [0.25, 0.3) is 0 Å². The van der Waals surface area contributed by atoms with Crippen molar-refractivity contribution in [2.75, 3.05) is 10.2 Å². The Morgan fingerprint density at radius 1 is 0.833 bits per heavy atom. The largest absolute Gasteiger partial charge is 0.352 e. The van der Waals surface area contributed by atoms with Gasteiger partial charge in [0, 0.05) is 11.4 Å². The van der Waals surface area contributed by atoms with Crippen LogP contribution in [-0.4, -0.2) is 29.6 Å². The topological polar surface area (TPSA) is 66.5 Å². The van der Waals surface area contributed by atoms with Crippen molar-refractivity contribution in [1.82, 2.24) is 0 Å². The minimum Gasteiger partial charge on any atom is -0.352 e. The van der Waals surface area contributed by atoms with Crippen molar-refractivity contribution in [3.63, 3.8) is 0 Å². The van der Waals surface area contributed by atoms with Gasteiger partial charge in [-0.1, -0.05) is 60.7 Å². The number of fused-ring (bicyclic) bond motifs is 6. The molecule has 0 bridgehead atoms. The number of anilines is 2. The molecule has 1 N–H and O–H groups in total. The Kier molecular flexibility index (Phi) is 4.68. The summed E-state index contributed by atoms with van der Waals surface area (Å²) in [6.07, 6.45) is 4.01. The molecule has 36 heavy (non-hydrogen) atoms. The molecule has 0 aliphatic carbocycles. The van der Waals surface area contributed by atoms with Gasteiger partial charge in [-0.15, -0.1) is 22.7 Å². The van der Waals surface area contributed by atoms with Crippen LogP contribution in [-0.2, 0) is 10.2 Å². The predicted molar refractivity (Wildman–Crippen MR) is 143 cm³/mol. The molecule has 176 valence electrons. The highest BCUT2D eigenvalue weighted by molar-refractivity contribution is 7.12. The zero-order chi connectivity index (χ0) is 24.4. The van der Waals surface area contributed by atoms with E-state index in [-0.39, 0.29) is 17.5 Å². The van der Waals surface area contributed by atoms with Crippen molar-refractivity contribution in [3.05, 3.63) is 111 Å². The molecule has 7 rings (SSSR count). The van der Waals surface area contributed by atoms with E-state index in [1.807, 2.05) is 88.5 Å². The van der Waals surface area contributed by atoms with Gasteiger partial charge in [-0.05, 0) is 46.2 Å². The number of benzene rings is 2. The number of Topliss-reactive ketones (excluding diaryl/α,β-unsaturated/α-hetero) is 2. The minimum atomic E-state index is -1.25. The number of hydrogen-bond acceptors (Lipinski definition) is 6. The first kappa shape index (κ1) is 21.5. The fourth-order valence-electron chi connectivity index (χ4n) is 6.26. The van der Waals surface area contributed by atoms with Crippen molar-refractivity contribution >= 4 is 57.6 Å². The number of rotatable bonds is 4. The van der Waals surface area contributed by atoms with E-state index >= 15 is 0 Å². The monoisotopic (exact) mass is 508 g/mol. The number of carbonyl (C=O) groups excluding carboxylic acids is 3. The van der Waals surface area contributed by atoms with Crippen LogP contribution in [0.3, 0.4) is 0 Å². The zero-order valence-electron chi connectivity index (χ0n) is 19.0. The predicted octanol–water partition coefficient (Wildman–Crippen LogP) is 5.67. The Bertz CT molecular complexity index is 1560. The molecule has 2 aromatic carbocycles. The van der Waals surface area contributed by atoms with Crippen LogP contribution in [0.25, 0.3) is 6.08 Å². The number of hydrogen-bond donors (Lipinski definition) is 1. The first-order chi connectivity index (χ1) is 17.6. The maximum atomic E-state index is 14.4. The smallest absolute Gasteiger partial charge is 0.238 e. The first-order valence-corrected chi connectivity index (χ1v) is 13.5. The van der Waals surface area contributed by atoms with Crippen molar-refractivity contribution in [2.45, 2.75) is 17.5 Å². The normalized spacial score (nSPS) is 25.4. The van der Waals surface area contributed by atoms with Crippen LogP contribution < -0.4 is 10.2 Å². The lowest BCUT2D eigenvalue weighted by Gasteiger charge is -2.37. The third kappa shape index (κ3) is 2.72. The van der Waals surface area contributed by atoms with Crippen LogP contribution in [0, 0.1) is 5.92 Å². The van der Waals surface area contributed by atoms with Gasteiger partial charge in [0.1, 0.15) is 11.5 Å². The molecular weight excluding hydrogens is 488 g/mol. The summed E-state index contributed by atoms with van der Waals surface area (Å²) < 4.78 is 0. The maximum Gasteiger partial charge on any atom is 0.238 e. The first-order valence-electron chi connectivity index (χ1n) is 11.7. The molecular formula is C29H20N2O3S2. The highest BCUT2D eigenvalue weighted by Crippen LogP contribution is 2.58. The van der Waals surface area contributed by atoms with E-state index in [0.717, 1.165) is 16.8 Å². The number of thiophene rings is 2. The van der Waals surface area contributed by atoms with E-state index in [1.165, 1.54) is 22.7 Å². The van der Waals surface area contributed by atoms with Crippen molar-refractivity contribution in [2.24, 2.45) is 5.92 Å². The molecule has 1 spiro atoms. The number of nitrogens with zero attached hydrogens (tertiary/aromatic N) is 1. The Morgan fingerprint density at radius 3 is 2.28 bits per heavy atom. The van der Waals surface area contributed by atoms with E-state index in [9.17, 15) is 14.4 Å². The number of ketones is 2. The van der Waals surface area contributed by atoms with Crippen LogP contribution in [0.5, 0.6) is 0 Å². The van der Waals surface area contributed by atoms with Gasteiger partial charge in [-0.25, -0.2) is 0 Å². The molecule has 4 atom stereocenters. The molecule has 7 heteroatoms. The van der Waals surface area contributed by atoms with Gasteiger partial charge in [-0.3, -0.25) is 14.4 Å². The summed E-state index contributed by atoms with van der Waals surface area (Å²) in [6.45, 7) is 0. The molecule has 0 unspecified atom stereocenters. The van der Waals surface area contributed by atoms with Crippen LogP contribution in [0.15, 0.2) is 89.6 Å². The summed E-state index contributed by atoms with van der Waals surface area (Å²) in [5.41, 5.74) is 2.04. The fraction of sp³-hybridized carbons (Fsp3) is 0.138. The Morgan fingerprint density at radius 2 is 1.53 bits per heavy atom. The molecule has 0 radical (unpaired) electrons. The molecule has 1 saturated heterocycles. The summed E-state index contributed by atoms with van der Waals surface area (Å²) in [6, 6.07) is 21.4. The van der Waals surface area contributed by atoms with E-state index < -0.39 is 23.4 Å². The van der Waals surface area contributed by atoms with Crippen LogP contribution in [0.2, 0.25) is 0 Å². The summed E-state index contributed by atoms with van der Waals surface area (Å²) in [5, 5.41) is 6.78. The highest BCUT2D eigenvalue weighted by Gasteiger charge is 2.70. The van der Waals surface area contributed by atoms with Crippen LogP contribution in [0.4, 0.5) is 11.4 Å². The molecule has 3 aliphatic rings. The van der Waals surface area contributed by atoms with Gasteiger partial charge < -0.3 is 10.2 Å². The van der Waals surface area contributed by atoms with Crippen molar-refractivity contribution < 1.29 is 14.4 Å². The maximum absolute atomic E-state index is 14.4. The summed E-state index contributed by atoms with van der Waals surface area (Å²) in [4.78, 5) is 46.0.